The average Bonchev–Trinajstić information content (AvgIpc) is 2.99. The van der Waals surface area contributed by atoms with E-state index in [1.165, 1.54) is 0 Å². The minimum atomic E-state index is -3.55. The third-order valence-electron chi connectivity index (χ3n) is 4.73. The van der Waals surface area contributed by atoms with Gasteiger partial charge < -0.3 is 9.80 Å². The number of piperazine rings is 1. The number of carbonyl (C=O) groups is 1. The lowest BCUT2D eigenvalue weighted by Gasteiger charge is -2.34. The Morgan fingerprint density at radius 1 is 1.07 bits per heavy atom. The quantitative estimate of drug-likeness (QED) is 0.789. The molecule has 9 nitrogen and oxygen atoms in total. The van der Waals surface area contributed by atoms with Crippen LogP contribution in [0.25, 0.3) is 0 Å². The molecule has 0 atom stereocenters. The molecule has 0 aliphatic carbocycles. The lowest BCUT2D eigenvalue weighted by molar-refractivity contribution is -0.131. The molecule has 0 unspecified atom stereocenters. The summed E-state index contributed by atoms with van der Waals surface area (Å²) in [6.45, 7) is 2.79. The highest BCUT2D eigenvalue weighted by molar-refractivity contribution is 7.90. The lowest BCUT2D eigenvalue weighted by Crippen LogP contribution is -2.49. The molecule has 1 fully saturated rings. The summed E-state index contributed by atoms with van der Waals surface area (Å²) in [7, 11) is -3.55. The smallest absolute Gasteiger partial charge is 0.263 e. The van der Waals surface area contributed by atoms with Crippen molar-refractivity contribution in [1.29, 1.82) is 0 Å². The number of hydrogen-bond acceptors (Lipinski definition) is 7. The van der Waals surface area contributed by atoms with Gasteiger partial charge in [-0.25, -0.2) is 18.4 Å². The number of aliphatic imine (C=N–C) groups is 1. The lowest BCUT2D eigenvalue weighted by atomic mass is 10.2. The Balaban J connectivity index is 1.32. The second-order valence-corrected chi connectivity index (χ2v) is 8.15. The summed E-state index contributed by atoms with van der Waals surface area (Å²) in [5, 5.41) is 0. The number of sulfonamides is 1. The van der Waals surface area contributed by atoms with Crippen LogP contribution in [-0.2, 0) is 14.8 Å². The van der Waals surface area contributed by atoms with E-state index >= 15 is 0 Å². The van der Waals surface area contributed by atoms with Gasteiger partial charge in [0.05, 0.1) is 11.4 Å². The van der Waals surface area contributed by atoms with Gasteiger partial charge in [-0.05, 0) is 18.2 Å². The molecule has 0 radical (unpaired) electrons. The van der Waals surface area contributed by atoms with E-state index in [4.69, 9.17) is 0 Å². The van der Waals surface area contributed by atoms with Crippen molar-refractivity contribution < 1.29 is 13.2 Å². The number of nitrogens with one attached hydrogen (secondary N) is 1. The van der Waals surface area contributed by atoms with Crippen LogP contribution in [0.5, 0.6) is 0 Å². The van der Waals surface area contributed by atoms with Crippen LogP contribution in [0.1, 0.15) is 12.0 Å². The zero-order valence-electron chi connectivity index (χ0n) is 15.2. The second-order valence-electron chi connectivity index (χ2n) is 6.50. The third kappa shape index (κ3) is 3.68. The summed E-state index contributed by atoms with van der Waals surface area (Å²) in [6, 6.07) is 8.45. The largest absolute Gasteiger partial charge is 0.339 e. The molecular weight excluding hydrogens is 380 g/mol. The Kier molecular flexibility index (Phi) is 4.95. The van der Waals surface area contributed by atoms with Crippen molar-refractivity contribution in [3.8, 4) is 0 Å². The van der Waals surface area contributed by atoms with Gasteiger partial charge in [0.2, 0.25) is 11.9 Å². The van der Waals surface area contributed by atoms with Crippen LogP contribution in [0.2, 0.25) is 0 Å². The third-order valence-corrected chi connectivity index (χ3v) is 6.12. The molecule has 2 aliphatic rings. The first-order chi connectivity index (χ1) is 13.5. The molecule has 1 amide bonds. The molecule has 2 aliphatic heterocycles. The first kappa shape index (κ1) is 18.4. The van der Waals surface area contributed by atoms with Gasteiger partial charge in [0, 0.05) is 50.6 Å². The molecule has 1 aromatic carbocycles. The zero-order valence-corrected chi connectivity index (χ0v) is 16.0. The predicted octanol–water partition coefficient (Wildman–Crippen LogP) is 0.254. The number of fused-ring (bicyclic) bond motifs is 1. The molecule has 0 saturated carbocycles. The molecule has 2 aromatic rings. The van der Waals surface area contributed by atoms with E-state index in [2.05, 4.69) is 19.7 Å². The van der Waals surface area contributed by atoms with Gasteiger partial charge in [-0.2, -0.15) is 0 Å². The summed E-state index contributed by atoms with van der Waals surface area (Å²) < 4.78 is 26.6. The molecule has 3 heterocycles. The maximum atomic E-state index is 12.5. The Bertz CT molecular complexity index is 1000. The second kappa shape index (κ2) is 7.55. The van der Waals surface area contributed by atoms with Gasteiger partial charge in [-0.15, -0.1) is 0 Å². The molecular formula is C18H20N6O3S. The van der Waals surface area contributed by atoms with Crippen molar-refractivity contribution in [2.75, 3.05) is 37.6 Å². The number of aromatic nitrogens is 2. The Morgan fingerprint density at radius 3 is 2.54 bits per heavy atom. The molecule has 10 heteroatoms. The SMILES string of the molecule is O=C(CCN=C1NS(=O)(=O)c2ccccc21)N1CCN(c2ncccn2)CC1. The highest BCUT2D eigenvalue weighted by Crippen LogP contribution is 2.22. The molecule has 0 spiro atoms. The Morgan fingerprint density at radius 2 is 1.79 bits per heavy atom. The molecule has 1 aromatic heterocycles. The summed E-state index contributed by atoms with van der Waals surface area (Å²) in [5.41, 5.74) is 0.548. The molecule has 0 bridgehead atoms. The maximum Gasteiger partial charge on any atom is 0.263 e. The first-order valence-corrected chi connectivity index (χ1v) is 10.5. The number of anilines is 1. The van der Waals surface area contributed by atoms with Gasteiger partial charge in [0.15, 0.2) is 0 Å². The molecule has 1 saturated heterocycles. The van der Waals surface area contributed by atoms with Crippen LogP contribution in [0.3, 0.4) is 0 Å². The summed E-state index contributed by atoms with van der Waals surface area (Å²) in [4.78, 5) is 29.3. The van der Waals surface area contributed by atoms with Crippen LogP contribution in [-0.4, -0.2) is 67.8 Å². The van der Waals surface area contributed by atoms with E-state index in [0.29, 0.717) is 43.5 Å². The number of rotatable bonds is 4. The fourth-order valence-electron chi connectivity index (χ4n) is 3.28. The highest BCUT2D eigenvalue weighted by Gasteiger charge is 2.30. The molecule has 4 rings (SSSR count). The van der Waals surface area contributed by atoms with Gasteiger partial charge >= 0.3 is 0 Å². The van der Waals surface area contributed by atoms with E-state index in [9.17, 15) is 13.2 Å². The van der Waals surface area contributed by atoms with E-state index in [0.717, 1.165) is 0 Å². The molecule has 1 N–H and O–H groups in total. The summed E-state index contributed by atoms with van der Waals surface area (Å²) in [5.74, 6) is 0.981. The van der Waals surface area contributed by atoms with Crippen molar-refractivity contribution in [2.24, 2.45) is 4.99 Å². The predicted molar refractivity (Wildman–Crippen MR) is 104 cm³/mol. The molecule has 28 heavy (non-hydrogen) atoms. The number of carbonyl (C=O) groups excluding carboxylic acids is 1. The van der Waals surface area contributed by atoms with Crippen LogP contribution in [0.15, 0.2) is 52.6 Å². The van der Waals surface area contributed by atoms with Crippen LogP contribution < -0.4 is 9.62 Å². The van der Waals surface area contributed by atoms with E-state index in [-0.39, 0.29) is 23.8 Å². The van der Waals surface area contributed by atoms with Gasteiger partial charge in [-0.1, -0.05) is 12.1 Å². The van der Waals surface area contributed by atoms with E-state index < -0.39 is 10.0 Å². The van der Waals surface area contributed by atoms with Gasteiger partial charge in [0.1, 0.15) is 5.84 Å². The number of amides is 1. The summed E-state index contributed by atoms with van der Waals surface area (Å²) >= 11 is 0. The van der Waals surface area contributed by atoms with Crippen molar-refractivity contribution in [3.63, 3.8) is 0 Å². The monoisotopic (exact) mass is 400 g/mol. The van der Waals surface area contributed by atoms with E-state index in [1.54, 1.807) is 47.6 Å². The minimum Gasteiger partial charge on any atom is -0.339 e. The summed E-state index contributed by atoms with van der Waals surface area (Å²) in [6.07, 6.45) is 3.64. The Hall–Kier alpha value is -3.01. The Labute approximate surface area is 163 Å². The molecule has 146 valence electrons. The average molecular weight is 400 g/mol. The normalized spacial score (nSPS) is 19.4. The van der Waals surface area contributed by atoms with Crippen molar-refractivity contribution in [1.82, 2.24) is 19.6 Å². The number of hydrogen-bond donors (Lipinski definition) is 1. The fourth-order valence-corrected chi connectivity index (χ4v) is 4.53. The van der Waals surface area contributed by atoms with Crippen LogP contribution >= 0.6 is 0 Å². The highest BCUT2D eigenvalue weighted by atomic mass is 32.2. The van der Waals surface area contributed by atoms with Crippen molar-refractivity contribution in [2.45, 2.75) is 11.3 Å². The number of benzene rings is 1. The van der Waals surface area contributed by atoms with Crippen molar-refractivity contribution in [3.05, 3.63) is 48.3 Å². The van der Waals surface area contributed by atoms with Gasteiger partial charge in [0.25, 0.3) is 10.0 Å². The first-order valence-electron chi connectivity index (χ1n) is 9.01. The number of nitrogens with zero attached hydrogens (tertiary/aromatic N) is 5. The topological polar surface area (TPSA) is 108 Å². The number of amidine groups is 1. The van der Waals surface area contributed by atoms with Crippen molar-refractivity contribution >= 4 is 27.7 Å². The standard InChI is InChI=1S/C18H20N6O3S/c25-16(23-10-12-24(13-11-23)18-20-7-3-8-21-18)6-9-19-17-14-4-1-2-5-15(14)28(26,27)22-17/h1-5,7-8H,6,9-13H2,(H,19,22). The minimum absolute atomic E-state index is 0.00659. The van der Waals surface area contributed by atoms with Crippen LogP contribution in [0, 0.1) is 0 Å². The maximum absolute atomic E-state index is 12.5. The van der Waals surface area contributed by atoms with E-state index in [1.807, 2.05) is 4.90 Å². The van der Waals surface area contributed by atoms with Gasteiger partial charge in [-0.3, -0.25) is 14.5 Å². The van der Waals surface area contributed by atoms with Crippen LogP contribution in [0.4, 0.5) is 5.95 Å². The zero-order chi connectivity index (χ0) is 19.6. The fraction of sp³-hybridized carbons (Fsp3) is 0.333.